The monoisotopic (exact) mass is 268 g/mol. The normalized spacial score (nSPS) is 42.3. The fourth-order valence-electron chi connectivity index (χ4n) is 5.47. The summed E-state index contributed by atoms with van der Waals surface area (Å²) in [5.74, 6) is 3.21. The van der Waals surface area contributed by atoms with E-state index in [0.29, 0.717) is 16.2 Å². The van der Waals surface area contributed by atoms with Crippen molar-refractivity contribution < 1.29 is 0 Å². The van der Waals surface area contributed by atoms with Gasteiger partial charge in [0.1, 0.15) is 0 Å². The van der Waals surface area contributed by atoms with Gasteiger partial charge in [-0.1, -0.05) is 41.0 Å². The van der Waals surface area contributed by atoms with Crippen LogP contribution in [0, 0.1) is 28.1 Å². The number of fused-ring (bicyclic) bond motifs is 1. The third-order valence-electron chi connectivity index (χ3n) is 6.43. The van der Waals surface area contributed by atoms with Crippen molar-refractivity contribution >= 4 is 11.8 Å². The molecular weight excluding hydrogens is 236 g/mol. The fourth-order valence-corrected chi connectivity index (χ4v) is 6.63. The highest BCUT2D eigenvalue weighted by molar-refractivity contribution is 7.98. The molecule has 2 rings (SSSR count). The lowest BCUT2D eigenvalue weighted by Gasteiger charge is -2.62. The minimum Gasteiger partial charge on any atom is -0.165 e. The standard InChI is InChI=1S/C17H32S/c1-15(2)9-7-10-17(5)13(15)8-11-16(3,4)14(17)12-18-6/h13-14H,7-12H2,1-6H3. The predicted molar refractivity (Wildman–Crippen MR) is 84.1 cm³/mol. The van der Waals surface area contributed by atoms with Crippen molar-refractivity contribution in [2.75, 3.05) is 12.0 Å². The first-order valence-corrected chi connectivity index (χ1v) is 9.12. The average Bonchev–Trinajstić information content (AvgIpc) is 2.22. The van der Waals surface area contributed by atoms with Crippen molar-refractivity contribution in [1.29, 1.82) is 0 Å². The summed E-state index contributed by atoms with van der Waals surface area (Å²) >= 11 is 2.06. The lowest BCUT2D eigenvalue weighted by atomic mass is 9.44. The lowest BCUT2D eigenvalue weighted by molar-refractivity contribution is -0.114. The van der Waals surface area contributed by atoms with Gasteiger partial charge in [0.25, 0.3) is 0 Å². The summed E-state index contributed by atoms with van der Waals surface area (Å²) < 4.78 is 0. The molecule has 0 saturated heterocycles. The van der Waals surface area contributed by atoms with E-state index in [-0.39, 0.29) is 0 Å². The predicted octanol–water partition coefficient (Wildman–Crippen LogP) is 5.62. The minimum absolute atomic E-state index is 0.543. The highest BCUT2D eigenvalue weighted by Gasteiger charge is 2.56. The first-order chi connectivity index (χ1) is 8.24. The Morgan fingerprint density at radius 3 is 2.22 bits per heavy atom. The van der Waals surface area contributed by atoms with Gasteiger partial charge in [0.2, 0.25) is 0 Å². The Kier molecular flexibility index (Phi) is 3.87. The van der Waals surface area contributed by atoms with Crippen LogP contribution in [-0.2, 0) is 0 Å². The molecular formula is C17H32S. The Labute approximate surface area is 119 Å². The van der Waals surface area contributed by atoms with Crippen LogP contribution in [0.2, 0.25) is 0 Å². The third-order valence-corrected chi connectivity index (χ3v) is 7.09. The molecule has 0 bridgehead atoms. The Hall–Kier alpha value is 0.350. The van der Waals surface area contributed by atoms with Gasteiger partial charge in [0, 0.05) is 0 Å². The summed E-state index contributed by atoms with van der Waals surface area (Å²) in [6, 6.07) is 0. The van der Waals surface area contributed by atoms with Crippen LogP contribution in [0.25, 0.3) is 0 Å². The van der Waals surface area contributed by atoms with E-state index >= 15 is 0 Å². The molecule has 106 valence electrons. The summed E-state index contributed by atoms with van der Waals surface area (Å²) in [6.07, 6.45) is 9.54. The second kappa shape index (κ2) is 4.72. The van der Waals surface area contributed by atoms with Crippen LogP contribution in [0.3, 0.4) is 0 Å². The molecule has 2 saturated carbocycles. The average molecular weight is 269 g/mol. The molecule has 3 unspecified atom stereocenters. The van der Waals surface area contributed by atoms with Gasteiger partial charge in [-0.3, -0.25) is 0 Å². The first kappa shape index (κ1) is 14.8. The molecule has 0 spiro atoms. The summed E-state index contributed by atoms with van der Waals surface area (Å²) in [6.45, 7) is 12.7. The largest absolute Gasteiger partial charge is 0.165 e. The molecule has 3 atom stereocenters. The topological polar surface area (TPSA) is 0 Å². The van der Waals surface area contributed by atoms with Gasteiger partial charge in [-0.25, -0.2) is 0 Å². The maximum atomic E-state index is 2.63. The summed E-state index contributed by atoms with van der Waals surface area (Å²) in [4.78, 5) is 0. The van der Waals surface area contributed by atoms with Gasteiger partial charge in [-0.05, 0) is 65.8 Å². The van der Waals surface area contributed by atoms with Gasteiger partial charge in [0.05, 0.1) is 0 Å². The maximum absolute atomic E-state index is 2.63. The highest BCUT2D eigenvalue weighted by Crippen LogP contribution is 2.64. The van der Waals surface area contributed by atoms with Crippen LogP contribution in [0.15, 0.2) is 0 Å². The summed E-state index contributed by atoms with van der Waals surface area (Å²) in [5.41, 5.74) is 1.70. The van der Waals surface area contributed by atoms with Gasteiger partial charge in [0.15, 0.2) is 0 Å². The maximum Gasteiger partial charge on any atom is -0.00315 e. The van der Waals surface area contributed by atoms with Crippen LogP contribution in [0.4, 0.5) is 0 Å². The van der Waals surface area contributed by atoms with E-state index in [1.165, 1.54) is 37.9 Å². The third kappa shape index (κ3) is 2.25. The Morgan fingerprint density at radius 1 is 0.944 bits per heavy atom. The van der Waals surface area contributed by atoms with Crippen LogP contribution in [0.1, 0.15) is 66.7 Å². The zero-order chi connectivity index (χ0) is 13.6. The zero-order valence-corrected chi connectivity index (χ0v) is 14.1. The summed E-state index contributed by atoms with van der Waals surface area (Å²) in [7, 11) is 0. The van der Waals surface area contributed by atoms with Gasteiger partial charge < -0.3 is 0 Å². The molecule has 1 heteroatoms. The van der Waals surface area contributed by atoms with Crippen molar-refractivity contribution in [3.8, 4) is 0 Å². The second-order valence-corrected chi connectivity index (χ2v) is 9.35. The lowest BCUT2D eigenvalue weighted by Crippen LogP contribution is -2.54. The molecule has 2 aliphatic rings. The van der Waals surface area contributed by atoms with Crippen LogP contribution >= 0.6 is 11.8 Å². The second-order valence-electron chi connectivity index (χ2n) is 8.44. The van der Waals surface area contributed by atoms with E-state index in [4.69, 9.17) is 0 Å². The van der Waals surface area contributed by atoms with Crippen LogP contribution in [-0.4, -0.2) is 12.0 Å². The fraction of sp³-hybridized carbons (Fsp3) is 1.00. The molecule has 0 radical (unpaired) electrons. The smallest absolute Gasteiger partial charge is 0.00315 e. The van der Waals surface area contributed by atoms with E-state index < -0.39 is 0 Å². The van der Waals surface area contributed by atoms with Crippen molar-refractivity contribution in [2.45, 2.75) is 66.7 Å². The molecule has 0 nitrogen and oxygen atoms in total. The Morgan fingerprint density at radius 2 is 1.61 bits per heavy atom. The quantitative estimate of drug-likeness (QED) is 0.626. The molecule has 0 heterocycles. The molecule has 0 aromatic heterocycles. The van der Waals surface area contributed by atoms with Crippen molar-refractivity contribution in [1.82, 2.24) is 0 Å². The Bertz CT molecular complexity index is 305. The number of thioether (sulfide) groups is 1. The van der Waals surface area contributed by atoms with Gasteiger partial charge >= 0.3 is 0 Å². The first-order valence-electron chi connectivity index (χ1n) is 7.73. The van der Waals surface area contributed by atoms with E-state index in [1.54, 1.807) is 0 Å². The number of rotatable bonds is 2. The van der Waals surface area contributed by atoms with Crippen LogP contribution < -0.4 is 0 Å². The van der Waals surface area contributed by atoms with Gasteiger partial charge in [-0.2, -0.15) is 11.8 Å². The molecule has 2 aliphatic carbocycles. The molecule has 0 N–H and O–H groups in total. The van der Waals surface area contributed by atoms with E-state index in [0.717, 1.165) is 11.8 Å². The van der Waals surface area contributed by atoms with E-state index in [9.17, 15) is 0 Å². The van der Waals surface area contributed by atoms with Crippen LogP contribution in [0.5, 0.6) is 0 Å². The number of hydrogen-bond acceptors (Lipinski definition) is 1. The number of hydrogen-bond donors (Lipinski definition) is 0. The highest BCUT2D eigenvalue weighted by atomic mass is 32.2. The molecule has 0 aromatic carbocycles. The minimum atomic E-state index is 0.543. The summed E-state index contributed by atoms with van der Waals surface area (Å²) in [5, 5.41) is 0. The van der Waals surface area contributed by atoms with Crippen molar-refractivity contribution in [2.24, 2.45) is 28.1 Å². The SMILES string of the molecule is CSCC1C(C)(C)CCC2C(C)(C)CCCC21C. The Balaban J connectivity index is 2.35. The van der Waals surface area contributed by atoms with Gasteiger partial charge in [-0.15, -0.1) is 0 Å². The zero-order valence-electron chi connectivity index (χ0n) is 13.3. The molecule has 18 heavy (non-hydrogen) atoms. The van der Waals surface area contributed by atoms with Crippen molar-refractivity contribution in [3.05, 3.63) is 0 Å². The molecule has 0 aliphatic heterocycles. The molecule has 0 amide bonds. The van der Waals surface area contributed by atoms with E-state index in [1.807, 2.05) is 0 Å². The molecule has 2 fully saturated rings. The molecule has 0 aromatic rings. The van der Waals surface area contributed by atoms with Crippen molar-refractivity contribution in [3.63, 3.8) is 0 Å². The van der Waals surface area contributed by atoms with E-state index in [2.05, 4.69) is 52.6 Å².